The second-order valence-corrected chi connectivity index (χ2v) is 6.10. The van der Waals surface area contributed by atoms with E-state index in [2.05, 4.69) is 9.97 Å². The van der Waals surface area contributed by atoms with Crippen LogP contribution in [0.4, 0.5) is 0 Å². The number of carbonyl (C=O) groups is 1. The van der Waals surface area contributed by atoms with E-state index < -0.39 is 0 Å². The zero-order chi connectivity index (χ0) is 14.9. The van der Waals surface area contributed by atoms with Crippen molar-refractivity contribution in [1.82, 2.24) is 9.97 Å². The summed E-state index contributed by atoms with van der Waals surface area (Å²) >= 11 is 1.43. The highest BCUT2D eigenvalue weighted by Crippen LogP contribution is 2.34. The molecule has 5 nitrogen and oxygen atoms in total. The fourth-order valence-electron chi connectivity index (χ4n) is 2.37. The van der Waals surface area contributed by atoms with Gasteiger partial charge < -0.3 is 9.15 Å². The van der Waals surface area contributed by atoms with Crippen LogP contribution in [0.1, 0.15) is 6.42 Å². The maximum Gasteiger partial charge on any atom is 0.319 e. The predicted octanol–water partition coefficient (Wildman–Crippen LogP) is 3.30. The summed E-state index contributed by atoms with van der Waals surface area (Å²) in [6.45, 7) is 0.477. The number of benzene rings is 1. The molecule has 0 unspecified atom stereocenters. The Balaban J connectivity index is 1.82. The first-order valence-corrected chi connectivity index (χ1v) is 7.83. The van der Waals surface area contributed by atoms with Gasteiger partial charge in [-0.05, 0) is 18.2 Å². The number of cyclic esters (lactones) is 1. The molecule has 1 aromatic carbocycles. The Kier molecular flexibility index (Phi) is 3.31. The second kappa shape index (κ2) is 5.46. The lowest BCUT2D eigenvalue weighted by Gasteiger charge is -2.09. The topological polar surface area (TPSA) is 65.2 Å². The Labute approximate surface area is 130 Å². The second-order valence-electron chi connectivity index (χ2n) is 4.91. The van der Waals surface area contributed by atoms with Gasteiger partial charge in [-0.15, -0.1) is 0 Å². The third-order valence-corrected chi connectivity index (χ3v) is 4.70. The number of rotatable bonds is 3. The molecule has 0 bridgehead atoms. The van der Waals surface area contributed by atoms with Crippen molar-refractivity contribution in [1.29, 1.82) is 0 Å². The van der Waals surface area contributed by atoms with Crippen LogP contribution >= 0.6 is 11.8 Å². The van der Waals surface area contributed by atoms with Gasteiger partial charge in [0.1, 0.15) is 10.3 Å². The Morgan fingerprint density at radius 3 is 2.82 bits per heavy atom. The number of esters is 1. The fraction of sp³-hybridized carbons (Fsp3) is 0.188. The van der Waals surface area contributed by atoms with E-state index in [0.717, 1.165) is 15.9 Å². The molecule has 1 aliphatic heterocycles. The lowest BCUT2D eigenvalue weighted by atomic mass is 10.2. The first kappa shape index (κ1) is 13.3. The van der Waals surface area contributed by atoms with Gasteiger partial charge in [0.2, 0.25) is 0 Å². The van der Waals surface area contributed by atoms with E-state index in [1.165, 1.54) is 11.8 Å². The van der Waals surface area contributed by atoms with Crippen molar-refractivity contribution in [2.45, 2.75) is 16.7 Å². The van der Waals surface area contributed by atoms with Gasteiger partial charge in [-0.1, -0.05) is 30.0 Å². The molecule has 22 heavy (non-hydrogen) atoms. The van der Waals surface area contributed by atoms with Crippen LogP contribution < -0.4 is 0 Å². The number of furan rings is 1. The Bertz CT molecular complexity index is 833. The lowest BCUT2D eigenvalue weighted by molar-refractivity contribution is -0.137. The maximum atomic E-state index is 11.7. The summed E-state index contributed by atoms with van der Waals surface area (Å²) in [5.41, 5.74) is 0.831. The monoisotopic (exact) mass is 312 g/mol. The van der Waals surface area contributed by atoms with E-state index >= 15 is 0 Å². The summed E-state index contributed by atoms with van der Waals surface area (Å²) in [5.74, 6) is 0.964. The van der Waals surface area contributed by atoms with E-state index in [-0.39, 0.29) is 11.2 Å². The summed E-state index contributed by atoms with van der Waals surface area (Å²) in [7, 11) is 0. The Hall–Kier alpha value is -2.34. The molecule has 1 saturated heterocycles. The Morgan fingerprint density at radius 2 is 2.05 bits per heavy atom. The van der Waals surface area contributed by atoms with E-state index in [4.69, 9.17) is 9.15 Å². The molecule has 6 heteroatoms. The van der Waals surface area contributed by atoms with Gasteiger partial charge in [-0.25, -0.2) is 9.97 Å². The minimum Gasteiger partial charge on any atom is -0.465 e. The third-order valence-electron chi connectivity index (χ3n) is 3.45. The van der Waals surface area contributed by atoms with Gasteiger partial charge in [-0.2, -0.15) is 0 Å². The molecule has 3 aromatic rings. The quantitative estimate of drug-likeness (QED) is 0.546. The van der Waals surface area contributed by atoms with Crippen LogP contribution in [-0.4, -0.2) is 27.8 Å². The van der Waals surface area contributed by atoms with Crippen molar-refractivity contribution in [2.24, 2.45) is 0 Å². The molecule has 2 aromatic heterocycles. The molecule has 0 aliphatic carbocycles. The standard InChI is InChI=1S/C16H12N2O3S/c19-16-13(7-9-21-16)22-15-10-4-1-2-5-11(10)17-14(18-15)12-6-3-8-20-12/h1-6,8,13H,7,9H2/t13-/m0/s1. The highest BCUT2D eigenvalue weighted by atomic mass is 32.2. The van der Waals surface area contributed by atoms with Gasteiger partial charge in [-0.3, -0.25) is 4.79 Å². The molecule has 0 amide bonds. The van der Waals surface area contributed by atoms with Gasteiger partial charge in [0.25, 0.3) is 0 Å². The summed E-state index contributed by atoms with van der Waals surface area (Å²) in [4.78, 5) is 20.9. The fourth-order valence-corrected chi connectivity index (χ4v) is 3.46. The van der Waals surface area contributed by atoms with Crippen molar-refractivity contribution in [3.05, 3.63) is 42.7 Å². The molecular formula is C16H12N2O3S. The number of hydrogen-bond acceptors (Lipinski definition) is 6. The van der Waals surface area contributed by atoms with E-state index in [1.807, 2.05) is 30.3 Å². The number of thioether (sulfide) groups is 1. The van der Waals surface area contributed by atoms with Crippen LogP contribution in [0.3, 0.4) is 0 Å². The molecule has 1 atom stereocenters. The van der Waals surface area contributed by atoms with Crippen LogP contribution in [0.15, 0.2) is 52.1 Å². The normalized spacial score (nSPS) is 17.8. The van der Waals surface area contributed by atoms with Crippen molar-refractivity contribution >= 4 is 28.6 Å². The molecule has 0 radical (unpaired) electrons. The minimum absolute atomic E-state index is 0.174. The number of fused-ring (bicyclic) bond motifs is 1. The van der Waals surface area contributed by atoms with E-state index in [1.54, 1.807) is 12.3 Å². The SMILES string of the molecule is O=C1OCC[C@@H]1Sc1nc(-c2ccco2)nc2ccccc12. The molecule has 0 N–H and O–H groups in total. The van der Waals surface area contributed by atoms with Crippen molar-refractivity contribution in [3.63, 3.8) is 0 Å². The average molecular weight is 312 g/mol. The molecule has 0 saturated carbocycles. The molecule has 1 aliphatic rings. The highest BCUT2D eigenvalue weighted by Gasteiger charge is 2.29. The average Bonchev–Trinajstić information content (AvgIpc) is 3.20. The van der Waals surface area contributed by atoms with Crippen molar-refractivity contribution in [2.75, 3.05) is 6.61 Å². The zero-order valence-electron chi connectivity index (χ0n) is 11.6. The van der Waals surface area contributed by atoms with Crippen LogP contribution in [0.25, 0.3) is 22.5 Å². The summed E-state index contributed by atoms with van der Waals surface area (Å²) in [5, 5.41) is 1.51. The van der Waals surface area contributed by atoms with Crippen molar-refractivity contribution < 1.29 is 13.9 Å². The van der Waals surface area contributed by atoms with E-state index in [9.17, 15) is 4.79 Å². The summed E-state index contributed by atoms with van der Waals surface area (Å²) in [6.07, 6.45) is 2.30. The molecule has 4 rings (SSSR count). The summed E-state index contributed by atoms with van der Waals surface area (Å²) < 4.78 is 10.4. The zero-order valence-corrected chi connectivity index (χ0v) is 12.4. The number of aromatic nitrogens is 2. The van der Waals surface area contributed by atoms with Gasteiger partial charge >= 0.3 is 5.97 Å². The molecule has 1 fully saturated rings. The molecular weight excluding hydrogens is 300 g/mol. The first-order valence-electron chi connectivity index (χ1n) is 6.95. The van der Waals surface area contributed by atoms with Crippen LogP contribution in [0.5, 0.6) is 0 Å². The van der Waals surface area contributed by atoms with Gasteiger partial charge in [0.05, 0.1) is 18.4 Å². The molecule has 110 valence electrons. The lowest BCUT2D eigenvalue weighted by Crippen LogP contribution is -2.10. The number of hydrogen-bond donors (Lipinski definition) is 0. The highest BCUT2D eigenvalue weighted by molar-refractivity contribution is 8.00. The molecule has 0 spiro atoms. The maximum absolute atomic E-state index is 11.7. The Morgan fingerprint density at radius 1 is 1.14 bits per heavy atom. The van der Waals surface area contributed by atoms with Crippen LogP contribution in [0, 0.1) is 0 Å². The van der Waals surface area contributed by atoms with Crippen LogP contribution in [-0.2, 0) is 9.53 Å². The largest absolute Gasteiger partial charge is 0.465 e. The minimum atomic E-state index is -0.206. The van der Waals surface area contributed by atoms with Crippen LogP contribution in [0.2, 0.25) is 0 Å². The van der Waals surface area contributed by atoms with Crippen molar-refractivity contribution in [3.8, 4) is 11.6 Å². The predicted molar refractivity (Wildman–Crippen MR) is 82.5 cm³/mol. The van der Waals surface area contributed by atoms with Gasteiger partial charge in [0, 0.05) is 11.8 Å². The number of ether oxygens (including phenoxy) is 1. The first-order chi connectivity index (χ1) is 10.8. The van der Waals surface area contributed by atoms with Gasteiger partial charge in [0.15, 0.2) is 11.6 Å². The number of nitrogens with zero attached hydrogens (tertiary/aromatic N) is 2. The molecule has 3 heterocycles. The van der Waals surface area contributed by atoms with E-state index in [0.29, 0.717) is 24.6 Å². The number of para-hydroxylation sites is 1. The summed E-state index contributed by atoms with van der Waals surface area (Å²) in [6, 6.07) is 11.4. The number of carbonyl (C=O) groups excluding carboxylic acids is 1. The third kappa shape index (κ3) is 2.35. The smallest absolute Gasteiger partial charge is 0.319 e.